The van der Waals surface area contributed by atoms with Crippen LogP contribution in [0.25, 0.3) is 0 Å². The molecule has 2 rings (SSSR count). The largest absolute Gasteiger partial charge is 0.497 e. The summed E-state index contributed by atoms with van der Waals surface area (Å²) in [6, 6.07) is 5.71. The van der Waals surface area contributed by atoms with E-state index >= 15 is 0 Å². The molecule has 116 valence electrons. The third-order valence-corrected chi connectivity index (χ3v) is 4.02. The van der Waals surface area contributed by atoms with Gasteiger partial charge in [0.25, 0.3) is 0 Å². The number of ether oxygens (including phenoxy) is 2. The lowest BCUT2D eigenvalue weighted by Gasteiger charge is -2.32. The van der Waals surface area contributed by atoms with Crippen molar-refractivity contribution in [3.63, 3.8) is 0 Å². The molecule has 2 unspecified atom stereocenters. The van der Waals surface area contributed by atoms with Crippen LogP contribution in [-0.4, -0.2) is 51.7 Å². The van der Waals surface area contributed by atoms with E-state index in [1.807, 2.05) is 18.2 Å². The van der Waals surface area contributed by atoms with E-state index in [0.29, 0.717) is 5.92 Å². The van der Waals surface area contributed by atoms with Crippen LogP contribution in [0.3, 0.4) is 0 Å². The van der Waals surface area contributed by atoms with Gasteiger partial charge in [-0.1, -0.05) is 0 Å². The van der Waals surface area contributed by atoms with Crippen LogP contribution in [0, 0.1) is 0 Å². The highest BCUT2D eigenvalue weighted by atomic mass is 16.5. The minimum Gasteiger partial charge on any atom is -0.497 e. The summed E-state index contributed by atoms with van der Waals surface area (Å²) in [5.74, 6) is 2.10. The Bertz CT molecular complexity index is 502. The standard InChI is InChI=1S/C16H24N2O3/c1-18(2)16(19)14-9-11(7-8-17-14)13-10-12(20-3)5-6-15(13)21-4/h5-6,10-11,14,17H,7-9H2,1-4H3. The number of nitrogens with zero attached hydrogens (tertiary/aromatic N) is 1. The van der Waals surface area contributed by atoms with Crippen LogP contribution in [0.5, 0.6) is 11.5 Å². The maximum Gasteiger partial charge on any atom is 0.239 e. The van der Waals surface area contributed by atoms with E-state index in [9.17, 15) is 4.79 Å². The van der Waals surface area contributed by atoms with Crippen molar-refractivity contribution in [2.45, 2.75) is 24.8 Å². The highest BCUT2D eigenvalue weighted by Crippen LogP contribution is 2.36. The smallest absolute Gasteiger partial charge is 0.239 e. The molecule has 0 bridgehead atoms. The lowest BCUT2D eigenvalue weighted by Crippen LogP contribution is -2.47. The van der Waals surface area contributed by atoms with Crippen molar-refractivity contribution in [1.29, 1.82) is 0 Å². The van der Waals surface area contributed by atoms with Crippen molar-refractivity contribution in [2.24, 2.45) is 0 Å². The maximum atomic E-state index is 12.2. The van der Waals surface area contributed by atoms with Crippen molar-refractivity contribution in [3.8, 4) is 11.5 Å². The van der Waals surface area contributed by atoms with Gasteiger partial charge in [-0.3, -0.25) is 4.79 Å². The first-order valence-corrected chi connectivity index (χ1v) is 7.23. The second-order valence-electron chi connectivity index (χ2n) is 5.57. The van der Waals surface area contributed by atoms with Gasteiger partial charge in [0.1, 0.15) is 11.5 Å². The summed E-state index contributed by atoms with van der Waals surface area (Å²) in [4.78, 5) is 13.8. The summed E-state index contributed by atoms with van der Waals surface area (Å²) in [7, 11) is 6.92. The van der Waals surface area contributed by atoms with Gasteiger partial charge in [0.15, 0.2) is 0 Å². The number of benzene rings is 1. The van der Waals surface area contributed by atoms with Crippen molar-refractivity contribution >= 4 is 5.91 Å². The molecule has 1 aliphatic rings. The number of carbonyl (C=O) groups excluding carboxylic acids is 1. The summed E-state index contributed by atoms with van der Waals surface area (Å²) in [5.41, 5.74) is 1.12. The first-order valence-electron chi connectivity index (χ1n) is 7.23. The molecule has 0 saturated carbocycles. The summed E-state index contributed by atoms with van der Waals surface area (Å²) < 4.78 is 10.8. The zero-order valence-corrected chi connectivity index (χ0v) is 13.2. The van der Waals surface area contributed by atoms with Crippen LogP contribution in [0.1, 0.15) is 24.3 Å². The molecule has 0 aliphatic carbocycles. The molecule has 0 spiro atoms. The third-order valence-electron chi connectivity index (χ3n) is 4.02. The Morgan fingerprint density at radius 2 is 2.05 bits per heavy atom. The van der Waals surface area contributed by atoms with Gasteiger partial charge in [-0.05, 0) is 43.5 Å². The normalized spacial score (nSPS) is 21.7. The van der Waals surface area contributed by atoms with Crippen LogP contribution in [-0.2, 0) is 4.79 Å². The molecule has 1 N–H and O–H groups in total. The van der Waals surface area contributed by atoms with Gasteiger partial charge < -0.3 is 19.7 Å². The number of rotatable bonds is 4. The molecule has 1 amide bonds. The van der Waals surface area contributed by atoms with Gasteiger partial charge in [0.05, 0.1) is 20.3 Å². The molecule has 1 heterocycles. The quantitative estimate of drug-likeness (QED) is 0.916. The van der Waals surface area contributed by atoms with E-state index in [2.05, 4.69) is 5.32 Å². The maximum absolute atomic E-state index is 12.2. The van der Waals surface area contributed by atoms with E-state index in [1.54, 1.807) is 33.2 Å². The number of hydrogen-bond acceptors (Lipinski definition) is 4. The molecule has 5 heteroatoms. The predicted molar refractivity (Wildman–Crippen MR) is 82.0 cm³/mol. The fourth-order valence-corrected chi connectivity index (χ4v) is 2.86. The van der Waals surface area contributed by atoms with Crippen molar-refractivity contribution in [2.75, 3.05) is 34.9 Å². The second kappa shape index (κ2) is 6.80. The zero-order chi connectivity index (χ0) is 15.4. The second-order valence-corrected chi connectivity index (χ2v) is 5.57. The number of methoxy groups -OCH3 is 2. The molecule has 5 nitrogen and oxygen atoms in total. The molecule has 21 heavy (non-hydrogen) atoms. The Labute approximate surface area is 126 Å². The lowest BCUT2D eigenvalue weighted by atomic mass is 9.85. The topological polar surface area (TPSA) is 50.8 Å². The first kappa shape index (κ1) is 15.6. The van der Waals surface area contributed by atoms with Crippen LogP contribution < -0.4 is 14.8 Å². The molecule has 0 radical (unpaired) electrons. The zero-order valence-electron chi connectivity index (χ0n) is 13.2. The Kier molecular flexibility index (Phi) is 5.07. The number of likely N-dealkylation sites (N-methyl/N-ethyl adjacent to an activating group) is 1. The summed E-state index contributed by atoms with van der Waals surface area (Å²) in [6.45, 7) is 0.829. The van der Waals surface area contributed by atoms with Gasteiger partial charge in [0, 0.05) is 19.7 Å². The lowest BCUT2D eigenvalue weighted by molar-refractivity contribution is -0.131. The van der Waals surface area contributed by atoms with E-state index in [4.69, 9.17) is 9.47 Å². The molecule has 1 aliphatic heterocycles. The predicted octanol–water partition coefficient (Wildman–Crippen LogP) is 1.63. The number of hydrogen-bond donors (Lipinski definition) is 1. The van der Waals surface area contributed by atoms with Crippen molar-refractivity contribution in [3.05, 3.63) is 23.8 Å². The minimum absolute atomic E-state index is 0.126. The van der Waals surface area contributed by atoms with Crippen LogP contribution in [0.2, 0.25) is 0 Å². The van der Waals surface area contributed by atoms with Gasteiger partial charge in [-0.25, -0.2) is 0 Å². The Morgan fingerprint density at radius 3 is 2.67 bits per heavy atom. The van der Waals surface area contributed by atoms with E-state index < -0.39 is 0 Å². The Balaban J connectivity index is 2.22. The first-order chi connectivity index (χ1) is 10.1. The SMILES string of the molecule is COc1ccc(OC)c(C2CCNC(C(=O)N(C)C)C2)c1. The molecular formula is C16H24N2O3. The summed E-state index contributed by atoms with van der Waals surface area (Å²) in [5, 5.41) is 3.30. The summed E-state index contributed by atoms with van der Waals surface area (Å²) >= 11 is 0. The van der Waals surface area contributed by atoms with Crippen LogP contribution in [0.15, 0.2) is 18.2 Å². The number of piperidine rings is 1. The number of carbonyl (C=O) groups is 1. The highest BCUT2D eigenvalue weighted by Gasteiger charge is 2.30. The van der Waals surface area contributed by atoms with Gasteiger partial charge in [0.2, 0.25) is 5.91 Å². The van der Waals surface area contributed by atoms with E-state index in [1.165, 1.54) is 0 Å². The van der Waals surface area contributed by atoms with Crippen LogP contribution in [0.4, 0.5) is 0 Å². The molecular weight excluding hydrogens is 268 g/mol. The van der Waals surface area contributed by atoms with Crippen molar-refractivity contribution < 1.29 is 14.3 Å². The molecule has 1 fully saturated rings. The average molecular weight is 292 g/mol. The molecule has 2 atom stereocenters. The number of nitrogens with one attached hydrogen (secondary N) is 1. The van der Waals surface area contributed by atoms with Gasteiger partial charge in [-0.2, -0.15) is 0 Å². The Morgan fingerprint density at radius 1 is 1.29 bits per heavy atom. The third kappa shape index (κ3) is 3.47. The average Bonchev–Trinajstić information content (AvgIpc) is 2.53. The molecule has 1 aromatic carbocycles. The Hall–Kier alpha value is -1.75. The van der Waals surface area contributed by atoms with Crippen LogP contribution >= 0.6 is 0 Å². The van der Waals surface area contributed by atoms with Gasteiger partial charge in [-0.15, -0.1) is 0 Å². The monoisotopic (exact) mass is 292 g/mol. The molecule has 1 saturated heterocycles. The van der Waals surface area contributed by atoms with Crippen molar-refractivity contribution in [1.82, 2.24) is 10.2 Å². The molecule has 1 aromatic rings. The van der Waals surface area contributed by atoms with E-state index in [0.717, 1.165) is 36.4 Å². The number of amides is 1. The summed E-state index contributed by atoms with van der Waals surface area (Å²) in [6.07, 6.45) is 1.77. The van der Waals surface area contributed by atoms with E-state index in [-0.39, 0.29) is 11.9 Å². The highest BCUT2D eigenvalue weighted by molar-refractivity contribution is 5.81. The fourth-order valence-electron chi connectivity index (χ4n) is 2.86. The fraction of sp³-hybridized carbons (Fsp3) is 0.562. The molecule has 0 aromatic heterocycles. The minimum atomic E-state index is -0.130. The van der Waals surface area contributed by atoms with Gasteiger partial charge >= 0.3 is 0 Å².